The third-order valence-electron chi connectivity index (χ3n) is 3.04. The highest BCUT2D eigenvalue weighted by Crippen LogP contribution is 2.19. The summed E-state index contributed by atoms with van der Waals surface area (Å²) in [6.07, 6.45) is 0. The summed E-state index contributed by atoms with van der Waals surface area (Å²) in [5, 5.41) is 5.68. The van der Waals surface area contributed by atoms with Gasteiger partial charge in [-0.15, -0.1) is 0 Å². The van der Waals surface area contributed by atoms with E-state index >= 15 is 0 Å². The van der Waals surface area contributed by atoms with Crippen LogP contribution in [-0.4, -0.2) is 19.6 Å². The molecule has 0 atom stereocenters. The average Bonchev–Trinajstić information content (AvgIpc) is 2.54. The number of nitrogens with one attached hydrogen (secondary N) is 2. The van der Waals surface area contributed by atoms with Gasteiger partial charge < -0.3 is 15.4 Å². The van der Waals surface area contributed by atoms with Crippen LogP contribution in [0.1, 0.15) is 5.56 Å². The molecule has 4 nitrogen and oxygen atoms in total. The van der Waals surface area contributed by atoms with Crippen LogP contribution in [0.5, 0.6) is 5.75 Å². The predicted octanol–water partition coefficient (Wildman–Crippen LogP) is 3.22. The number of hydrogen-bond donors (Lipinski definition) is 2. The molecule has 0 aliphatic carbocycles. The Balaban J connectivity index is 1.84. The second kappa shape index (κ2) is 7.66. The zero-order chi connectivity index (χ0) is 15.9. The number of para-hydroxylation sites is 1. The van der Waals surface area contributed by atoms with Gasteiger partial charge in [0.2, 0.25) is 5.91 Å². The van der Waals surface area contributed by atoms with Gasteiger partial charge in [0.15, 0.2) is 0 Å². The number of amides is 1. The number of hydrogen-bond acceptors (Lipinski definition) is 3. The lowest BCUT2D eigenvalue weighted by Crippen LogP contribution is -2.29. The second-order valence-corrected chi connectivity index (χ2v) is 4.98. The highest BCUT2D eigenvalue weighted by molar-refractivity contribution is 6.31. The molecule has 0 aromatic heterocycles. The highest BCUT2D eigenvalue weighted by atomic mass is 35.5. The standard InChI is InChI=1S/C16H16ClFN2O2/c1-22-15-5-3-2-4-11(15)9-20-16(21)10-19-12-6-7-14(18)13(17)8-12/h2-8,19H,9-10H2,1H3,(H,20,21). The van der Waals surface area contributed by atoms with Gasteiger partial charge in [-0.1, -0.05) is 29.8 Å². The topological polar surface area (TPSA) is 50.4 Å². The van der Waals surface area contributed by atoms with E-state index in [0.717, 1.165) is 11.3 Å². The SMILES string of the molecule is COc1ccccc1CNC(=O)CNc1ccc(F)c(Cl)c1. The molecule has 0 aliphatic heterocycles. The molecule has 0 radical (unpaired) electrons. The molecular weight excluding hydrogens is 307 g/mol. The normalized spacial score (nSPS) is 10.1. The smallest absolute Gasteiger partial charge is 0.239 e. The van der Waals surface area contributed by atoms with Gasteiger partial charge in [0.1, 0.15) is 11.6 Å². The molecule has 22 heavy (non-hydrogen) atoms. The Hall–Kier alpha value is -2.27. The van der Waals surface area contributed by atoms with Gasteiger partial charge >= 0.3 is 0 Å². The van der Waals surface area contributed by atoms with Crippen LogP contribution in [0.2, 0.25) is 5.02 Å². The Morgan fingerprint density at radius 1 is 1.27 bits per heavy atom. The summed E-state index contributed by atoms with van der Waals surface area (Å²) in [4.78, 5) is 11.8. The summed E-state index contributed by atoms with van der Waals surface area (Å²) in [6, 6.07) is 11.7. The molecule has 0 aliphatic rings. The van der Waals surface area contributed by atoms with Crippen molar-refractivity contribution < 1.29 is 13.9 Å². The summed E-state index contributed by atoms with van der Waals surface area (Å²) in [5.41, 5.74) is 1.47. The van der Waals surface area contributed by atoms with Crippen LogP contribution < -0.4 is 15.4 Å². The molecule has 0 fully saturated rings. The van der Waals surface area contributed by atoms with Crippen LogP contribution >= 0.6 is 11.6 Å². The van der Waals surface area contributed by atoms with Crippen molar-refractivity contribution in [3.8, 4) is 5.75 Å². The number of halogens is 2. The molecule has 0 heterocycles. The monoisotopic (exact) mass is 322 g/mol. The number of carbonyl (C=O) groups excluding carboxylic acids is 1. The minimum atomic E-state index is -0.493. The van der Waals surface area contributed by atoms with Gasteiger partial charge in [-0.25, -0.2) is 4.39 Å². The Morgan fingerprint density at radius 3 is 2.77 bits per heavy atom. The predicted molar refractivity (Wildman–Crippen MR) is 84.7 cm³/mol. The zero-order valence-electron chi connectivity index (χ0n) is 12.0. The molecule has 0 saturated heterocycles. The van der Waals surface area contributed by atoms with Crippen LogP contribution in [0.25, 0.3) is 0 Å². The Labute approximate surface area is 133 Å². The van der Waals surface area contributed by atoms with E-state index in [1.54, 1.807) is 7.11 Å². The zero-order valence-corrected chi connectivity index (χ0v) is 12.8. The first-order valence-electron chi connectivity index (χ1n) is 6.67. The minimum Gasteiger partial charge on any atom is -0.496 e. The van der Waals surface area contributed by atoms with Gasteiger partial charge in [0, 0.05) is 17.8 Å². The first-order valence-corrected chi connectivity index (χ1v) is 7.05. The third-order valence-corrected chi connectivity index (χ3v) is 3.33. The lowest BCUT2D eigenvalue weighted by molar-refractivity contribution is -0.119. The molecule has 0 saturated carbocycles. The van der Waals surface area contributed by atoms with E-state index < -0.39 is 5.82 Å². The molecule has 0 spiro atoms. The van der Waals surface area contributed by atoms with Crippen LogP contribution in [0.3, 0.4) is 0 Å². The van der Waals surface area contributed by atoms with Crippen molar-refractivity contribution in [3.63, 3.8) is 0 Å². The molecule has 0 unspecified atom stereocenters. The third kappa shape index (κ3) is 4.36. The Kier molecular flexibility index (Phi) is 5.61. The average molecular weight is 323 g/mol. The maximum absolute atomic E-state index is 13.0. The van der Waals surface area contributed by atoms with E-state index in [2.05, 4.69) is 10.6 Å². The summed E-state index contributed by atoms with van der Waals surface area (Å²) in [7, 11) is 1.58. The van der Waals surface area contributed by atoms with Crippen LogP contribution in [0, 0.1) is 5.82 Å². The van der Waals surface area contributed by atoms with Crippen molar-refractivity contribution in [2.45, 2.75) is 6.54 Å². The molecule has 116 valence electrons. The maximum atomic E-state index is 13.0. The number of anilines is 1. The number of benzene rings is 2. The summed E-state index contributed by atoms with van der Waals surface area (Å²) in [6.45, 7) is 0.436. The molecule has 2 aromatic carbocycles. The van der Waals surface area contributed by atoms with Crippen LogP contribution in [-0.2, 0) is 11.3 Å². The van der Waals surface area contributed by atoms with E-state index in [4.69, 9.17) is 16.3 Å². The summed E-state index contributed by atoms with van der Waals surface area (Å²) in [5.74, 6) is 0.0419. The first kappa shape index (κ1) is 16.1. The minimum absolute atomic E-state index is 0.0134. The van der Waals surface area contributed by atoms with Gasteiger partial charge in [0.05, 0.1) is 18.7 Å². The summed E-state index contributed by atoms with van der Waals surface area (Å²) >= 11 is 5.67. The van der Waals surface area contributed by atoms with Crippen molar-refractivity contribution in [1.29, 1.82) is 0 Å². The lowest BCUT2D eigenvalue weighted by Gasteiger charge is -2.10. The van der Waals surface area contributed by atoms with Gasteiger partial charge in [-0.2, -0.15) is 0 Å². The van der Waals surface area contributed by atoms with Crippen LogP contribution in [0.4, 0.5) is 10.1 Å². The van der Waals surface area contributed by atoms with E-state index in [-0.39, 0.29) is 17.5 Å². The Bertz CT molecular complexity index is 664. The van der Waals surface area contributed by atoms with Gasteiger partial charge in [-0.05, 0) is 24.3 Å². The second-order valence-electron chi connectivity index (χ2n) is 4.57. The molecule has 2 rings (SSSR count). The number of carbonyl (C=O) groups is 1. The highest BCUT2D eigenvalue weighted by Gasteiger charge is 2.06. The first-order chi connectivity index (χ1) is 10.6. The largest absolute Gasteiger partial charge is 0.496 e. The molecule has 6 heteroatoms. The van der Waals surface area contributed by atoms with Crippen molar-refractivity contribution in [2.75, 3.05) is 19.0 Å². The van der Waals surface area contributed by atoms with Crippen LogP contribution in [0.15, 0.2) is 42.5 Å². The van der Waals surface area contributed by atoms with Gasteiger partial charge in [-0.3, -0.25) is 4.79 Å². The fourth-order valence-electron chi connectivity index (χ4n) is 1.89. The molecule has 1 amide bonds. The number of methoxy groups -OCH3 is 1. The lowest BCUT2D eigenvalue weighted by atomic mass is 10.2. The Morgan fingerprint density at radius 2 is 2.05 bits per heavy atom. The van der Waals surface area contributed by atoms with Gasteiger partial charge in [0.25, 0.3) is 0 Å². The maximum Gasteiger partial charge on any atom is 0.239 e. The molecule has 2 aromatic rings. The van der Waals surface area contributed by atoms with E-state index in [0.29, 0.717) is 12.2 Å². The van der Waals surface area contributed by atoms with Crippen molar-refractivity contribution in [2.24, 2.45) is 0 Å². The van der Waals surface area contributed by atoms with Crippen molar-refractivity contribution >= 4 is 23.2 Å². The number of ether oxygens (including phenoxy) is 1. The quantitative estimate of drug-likeness (QED) is 0.858. The molecule has 0 bridgehead atoms. The van der Waals surface area contributed by atoms with Crippen molar-refractivity contribution in [3.05, 3.63) is 58.9 Å². The summed E-state index contributed by atoms with van der Waals surface area (Å²) < 4.78 is 18.2. The molecule has 2 N–H and O–H groups in total. The van der Waals surface area contributed by atoms with E-state index in [1.807, 2.05) is 24.3 Å². The molecular formula is C16H16ClFN2O2. The van der Waals surface area contributed by atoms with E-state index in [1.165, 1.54) is 18.2 Å². The fraction of sp³-hybridized carbons (Fsp3) is 0.188. The fourth-order valence-corrected chi connectivity index (χ4v) is 2.07. The van der Waals surface area contributed by atoms with Crippen molar-refractivity contribution in [1.82, 2.24) is 5.32 Å². The number of rotatable bonds is 6. The van der Waals surface area contributed by atoms with E-state index in [9.17, 15) is 9.18 Å².